The van der Waals surface area contributed by atoms with Crippen molar-refractivity contribution in [2.24, 2.45) is 0 Å². The number of amides is 1. The first-order valence-corrected chi connectivity index (χ1v) is 12.5. The Balaban J connectivity index is 1.70. The molecule has 3 rings (SSSR count). The van der Waals surface area contributed by atoms with E-state index in [1.54, 1.807) is 36.4 Å². The average molecular weight is 570 g/mol. The van der Waals surface area contributed by atoms with Gasteiger partial charge >= 0.3 is 0 Å². The molecule has 0 aliphatic carbocycles. The summed E-state index contributed by atoms with van der Waals surface area (Å²) in [5, 5.41) is 12.7. The predicted molar refractivity (Wildman–Crippen MR) is 146 cm³/mol. The van der Waals surface area contributed by atoms with Crippen LogP contribution in [-0.4, -0.2) is 18.6 Å². The first-order chi connectivity index (χ1) is 17.3. The molecule has 0 heterocycles. The van der Waals surface area contributed by atoms with E-state index in [1.807, 2.05) is 51.1 Å². The Bertz CT molecular complexity index is 1270. The van der Waals surface area contributed by atoms with Crippen LogP contribution in [-0.2, 0) is 11.4 Å². The van der Waals surface area contributed by atoms with Crippen molar-refractivity contribution in [3.05, 3.63) is 86.9 Å². The fourth-order valence-corrected chi connectivity index (χ4v) is 3.71. The minimum absolute atomic E-state index is 0.0818. The van der Waals surface area contributed by atoms with E-state index in [-0.39, 0.29) is 11.7 Å². The highest BCUT2D eigenvalue weighted by Crippen LogP contribution is 2.38. The molecule has 0 bridgehead atoms. The molecule has 3 aromatic carbocycles. The standard InChI is InChI=1S/C28H26BrClN2O4/c1-4-34-26-15-20(14-25(30)27(26)36-18(2)3)13-21(16-31)28(33)32-23-9-11-24(12-10-23)35-17-19-5-7-22(29)8-6-19/h5-15,18H,4,17H2,1-3H3,(H,32,33)/b21-13+. The predicted octanol–water partition coefficient (Wildman–Crippen LogP) is 7.41. The van der Waals surface area contributed by atoms with Crippen LogP contribution in [0, 0.1) is 11.3 Å². The van der Waals surface area contributed by atoms with Gasteiger partial charge in [-0.25, -0.2) is 0 Å². The van der Waals surface area contributed by atoms with Gasteiger partial charge in [-0.15, -0.1) is 0 Å². The molecule has 3 aromatic rings. The van der Waals surface area contributed by atoms with E-state index >= 15 is 0 Å². The van der Waals surface area contributed by atoms with E-state index in [0.29, 0.717) is 46.7 Å². The molecule has 186 valence electrons. The number of rotatable bonds is 10. The first kappa shape index (κ1) is 27.1. The van der Waals surface area contributed by atoms with Crippen LogP contribution >= 0.6 is 27.5 Å². The quantitative estimate of drug-likeness (QED) is 0.203. The van der Waals surface area contributed by atoms with Gasteiger partial charge in [0.1, 0.15) is 24.0 Å². The fourth-order valence-electron chi connectivity index (χ4n) is 3.18. The molecule has 1 N–H and O–H groups in total. The number of nitrogens with one attached hydrogen (secondary N) is 1. The Hall–Kier alpha value is -3.47. The lowest BCUT2D eigenvalue weighted by atomic mass is 10.1. The second kappa shape index (κ2) is 13.0. The Kier molecular flexibility index (Phi) is 9.80. The summed E-state index contributed by atoms with van der Waals surface area (Å²) in [5.41, 5.74) is 2.03. The minimum Gasteiger partial charge on any atom is -0.490 e. The van der Waals surface area contributed by atoms with Crippen LogP contribution in [0.3, 0.4) is 0 Å². The number of nitrogens with zero attached hydrogens (tertiary/aromatic N) is 1. The largest absolute Gasteiger partial charge is 0.490 e. The van der Waals surface area contributed by atoms with Gasteiger partial charge in [-0.1, -0.05) is 39.7 Å². The molecular formula is C28H26BrClN2O4. The third kappa shape index (κ3) is 7.77. The second-order valence-electron chi connectivity index (χ2n) is 7.99. The zero-order chi connectivity index (χ0) is 26.1. The maximum Gasteiger partial charge on any atom is 0.266 e. The van der Waals surface area contributed by atoms with Gasteiger partial charge in [0, 0.05) is 10.2 Å². The van der Waals surface area contributed by atoms with Crippen molar-refractivity contribution < 1.29 is 19.0 Å². The van der Waals surface area contributed by atoms with Crippen molar-refractivity contribution >= 4 is 45.2 Å². The highest BCUT2D eigenvalue weighted by Gasteiger charge is 2.15. The summed E-state index contributed by atoms with van der Waals surface area (Å²) in [4.78, 5) is 12.8. The molecule has 0 saturated heterocycles. The summed E-state index contributed by atoms with van der Waals surface area (Å²) < 4.78 is 18.2. The molecule has 0 saturated carbocycles. The van der Waals surface area contributed by atoms with Crippen LogP contribution in [0.15, 0.2) is 70.7 Å². The van der Waals surface area contributed by atoms with Gasteiger partial charge in [0.15, 0.2) is 11.5 Å². The van der Waals surface area contributed by atoms with Crippen molar-refractivity contribution in [1.82, 2.24) is 0 Å². The van der Waals surface area contributed by atoms with Gasteiger partial charge in [-0.05, 0) is 86.5 Å². The van der Waals surface area contributed by atoms with E-state index in [4.69, 9.17) is 25.8 Å². The molecule has 8 heteroatoms. The lowest BCUT2D eigenvalue weighted by molar-refractivity contribution is -0.112. The molecular weight excluding hydrogens is 544 g/mol. The summed E-state index contributed by atoms with van der Waals surface area (Å²) in [6.07, 6.45) is 1.36. The van der Waals surface area contributed by atoms with E-state index in [0.717, 1.165) is 10.0 Å². The highest BCUT2D eigenvalue weighted by molar-refractivity contribution is 9.10. The number of carbonyl (C=O) groups excluding carboxylic acids is 1. The van der Waals surface area contributed by atoms with Crippen molar-refractivity contribution in [1.29, 1.82) is 5.26 Å². The van der Waals surface area contributed by atoms with E-state index in [1.165, 1.54) is 6.08 Å². The number of hydrogen-bond donors (Lipinski definition) is 1. The molecule has 6 nitrogen and oxygen atoms in total. The molecule has 0 fully saturated rings. The normalized spacial score (nSPS) is 11.1. The van der Waals surface area contributed by atoms with Crippen LogP contribution in [0.1, 0.15) is 31.9 Å². The second-order valence-corrected chi connectivity index (χ2v) is 9.32. The molecule has 0 aliphatic heterocycles. The number of hydrogen-bond acceptors (Lipinski definition) is 5. The van der Waals surface area contributed by atoms with Crippen LogP contribution in [0.5, 0.6) is 17.2 Å². The minimum atomic E-state index is -0.544. The fraction of sp³-hybridized carbons (Fsp3) is 0.214. The van der Waals surface area contributed by atoms with Crippen molar-refractivity contribution in [2.75, 3.05) is 11.9 Å². The Morgan fingerprint density at radius 1 is 1.11 bits per heavy atom. The van der Waals surface area contributed by atoms with Crippen molar-refractivity contribution in [3.8, 4) is 23.3 Å². The number of benzene rings is 3. The van der Waals surface area contributed by atoms with Crippen molar-refractivity contribution in [3.63, 3.8) is 0 Å². The van der Waals surface area contributed by atoms with E-state index in [2.05, 4.69) is 21.2 Å². The van der Waals surface area contributed by atoms with Crippen LogP contribution in [0.2, 0.25) is 5.02 Å². The molecule has 36 heavy (non-hydrogen) atoms. The van der Waals surface area contributed by atoms with E-state index < -0.39 is 5.91 Å². The average Bonchev–Trinajstić information content (AvgIpc) is 2.85. The number of carbonyl (C=O) groups is 1. The smallest absolute Gasteiger partial charge is 0.266 e. The van der Waals surface area contributed by atoms with Gasteiger partial charge in [-0.3, -0.25) is 4.79 Å². The zero-order valence-corrected chi connectivity index (χ0v) is 22.5. The monoisotopic (exact) mass is 568 g/mol. The molecule has 1 amide bonds. The van der Waals surface area contributed by atoms with Gasteiger partial charge in [0.2, 0.25) is 0 Å². The van der Waals surface area contributed by atoms with Crippen LogP contribution in [0.4, 0.5) is 5.69 Å². The number of nitriles is 1. The third-order valence-corrected chi connectivity index (χ3v) is 5.60. The molecule has 0 aliphatic rings. The lowest BCUT2D eigenvalue weighted by Crippen LogP contribution is -2.13. The lowest BCUT2D eigenvalue weighted by Gasteiger charge is -2.16. The summed E-state index contributed by atoms with van der Waals surface area (Å²) >= 11 is 9.81. The van der Waals surface area contributed by atoms with Crippen LogP contribution < -0.4 is 19.5 Å². The number of ether oxygens (including phenoxy) is 3. The van der Waals surface area contributed by atoms with Gasteiger partial charge in [0.25, 0.3) is 5.91 Å². The zero-order valence-electron chi connectivity index (χ0n) is 20.2. The number of anilines is 1. The van der Waals surface area contributed by atoms with E-state index in [9.17, 15) is 10.1 Å². The molecule has 0 unspecified atom stereocenters. The van der Waals surface area contributed by atoms with Gasteiger partial charge in [-0.2, -0.15) is 5.26 Å². The molecule has 0 radical (unpaired) electrons. The number of halogens is 2. The van der Waals surface area contributed by atoms with Crippen molar-refractivity contribution in [2.45, 2.75) is 33.5 Å². The Morgan fingerprint density at radius 3 is 2.42 bits per heavy atom. The van der Waals surface area contributed by atoms with Gasteiger partial charge < -0.3 is 19.5 Å². The molecule has 0 spiro atoms. The SMILES string of the molecule is CCOc1cc(/C=C(\C#N)C(=O)Nc2ccc(OCc3ccc(Br)cc3)cc2)cc(Cl)c1OC(C)C. The third-order valence-electron chi connectivity index (χ3n) is 4.79. The van der Waals surface area contributed by atoms with Crippen LogP contribution in [0.25, 0.3) is 6.08 Å². The molecule has 0 aromatic heterocycles. The molecule has 0 atom stereocenters. The topological polar surface area (TPSA) is 80.6 Å². The summed E-state index contributed by atoms with van der Waals surface area (Å²) in [5.74, 6) is 0.990. The maximum atomic E-state index is 12.8. The summed E-state index contributed by atoms with van der Waals surface area (Å²) in [6, 6.07) is 20.1. The van der Waals surface area contributed by atoms with Gasteiger partial charge in [0.05, 0.1) is 17.7 Å². The highest BCUT2D eigenvalue weighted by atomic mass is 79.9. The first-order valence-electron chi connectivity index (χ1n) is 11.3. The Morgan fingerprint density at radius 2 is 1.81 bits per heavy atom. The maximum absolute atomic E-state index is 12.8. The summed E-state index contributed by atoms with van der Waals surface area (Å²) in [7, 11) is 0. The Labute approximate surface area is 224 Å². The summed E-state index contributed by atoms with van der Waals surface area (Å²) in [6.45, 7) is 6.46.